The number of hydrogen-bond acceptors (Lipinski definition) is 5. The number of carbonyl (C=O) groups is 1. The van der Waals surface area contributed by atoms with Gasteiger partial charge in [0.05, 0.1) is 20.3 Å². The number of amides is 1. The number of benzene rings is 2. The fraction of sp³-hybridized carbons (Fsp3) is 0.316. The van der Waals surface area contributed by atoms with Crippen molar-refractivity contribution in [3.05, 3.63) is 59.7 Å². The third-order valence-corrected chi connectivity index (χ3v) is 5.73. The van der Waals surface area contributed by atoms with E-state index in [2.05, 4.69) is 4.72 Å². The van der Waals surface area contributed by atoms with Gasteiger partial charge in [0.1, 0.15) is 10.6 Å². The summed E-state index contributed by atoms with van der Waals surface area (Å²) >= 11 is 0. The molecule has 2 aromatic rings. The molecule has 1 aliphatic rings. The summed E-state index contributed by atoms with van der Waals surface area (Å²) in [6, 6.07) is 13.7. The van der Waals surface area contributed by atoms with Gasteiger partial charge < -0.3 is 14.4 Å². The van der Waals surface area contributed by atoms with Crippen LogP contribution in [0.3, 0.4) is 0 Å². The van der Waals surface area contributed by atoms with Gasteiger partial charge in [-0.15, -0.1) is 0 Å². The Balaban J connectivity index is 1.85. The quantitative estimate of drug-likeness (QED) is 0.811. The van der Waals surface area contributed by atoms with Gasteiger partial charge in [0.25, 0.3) is 5.91 Å². The van der Waals surface area contributed by atoms with Crippen molar-refractivity contribution in [3.8, 4) is 5.75 Å². The van der Waals surface area contributed by atoms with Crippen molar-refractivity contribution in [1.82, 2.24) is 9.62 Å². The zero-order valence-corrected chi connectivity index (χ0v) is 15.9. The molecule has 2 aromatic carbocycles. The highest BCUT2D eigenvalue weighted by Crippen LogP contribution is 2.26. The number of nitrogens with one attached hydrogen (secondary N) is 1. The number of ether oxygens (including phenoxy) is 2. The van der Waals surface area contributed by atoms with E-state index in [0.29, 0.717) is 31.9 Å². The van der Waals surface area contributed by atoms with Crippen molar-refractivity contribution in [1.29, 1.82) is 0 Å². The number of nitrogens with zero attached hydrogens (tertiary/aromatic N) is 1. The maximum atomic E-state index is 12.8. The molecule has 1 N–H and O–H groups in total. The Morgan fingerprint density at radius 2 is 1.85 bits per heavy atom. The predicted molar refractivity (Wildman–Crippen MR) is 100 cm³/mol. The van der Waals surface area contributed by atoms with Crippen LogP contribution in [-0.4, -0.2) is 52.6 Å². The molecule has 27 heavy (non-hydrogen) atoms. The maximum Gasteiger partial charge on any atom is 0.254 e. The zero-order valence-electron chi connectivity index (χ0n) is 15.1. The fourth-order valence-electron chi connectivity index (χ4n) is 2.82. The number of methoxy groups -OCH3 is 1. The molecule has 0 spiro atoms. The number of rotatable bonds is 6. The summed E-state index contributed by atoms with van der Waals surface area (Å²) in [6.45, 7) is 2.07. The summed E-state index contributed by atoms with van der Waals surface area (Å²) in [5.41, 5.74) is 1.14. The second-order valence-electron chi connectivity index (χ2n) is 6.08. The minimum absolute atomic E-state index is 0.0555. The zero-order chi connectivity index (χ0) is 19.3. The Hall–Kier alpha value is -2.42. The van der Waals surface area contributed by atoms with Gasteiger partial charge in [-0.25, -0.2) is 13.1 Å². The average Bonchev–Trinajstić information content (AvgIpc) is 2.72. The van der Waals surface area contributed by atoms with E-state index in [4.69, 9.17) is 9.47 Å². The second-order valence-corrected chi connectivity index (χ2v) is 7.82. The molecular formula is C19H22N2O5S. The van der Waals surface area contributed by atoms with E-state index >= 15 is 0 Å². The molecule has 0 aromatic heterocycles. The summed E-state index contributed by atoms with van der Waals surface area (Å²) in [5, 5.41) is 0. The Morgan fingerprint density at radius 3 is 2.52 bits per heavy atom. The van der Waals surface area contributed by atoms with Gasteiger partial charge in [-0.05, 0) is 23.8 Å². The first-order chi connectivity index (χ1) is 13.0. The van der Waals surface area contributed by atoms with Crippen molar-refractivity contribution in [3.63, 3.8) is 0 Å². The smallest absolute Gasteiger partial charge is 0.254 e. The Morgan fingerprint density at radius 1 is 1.15 bits per heavy atom. The van der Waals surface area contributed by atoms with Crippen LogP contribution in [0.1, 0.15) is 15.9 Å². The van der Waals surface area contributed by atoms with Crippen LogP contribution >= 0.6 is 0 Å². The Kier molecular flexibility index (Phi) is 6.10. The summed E-state index contributed by atoms with van der Waals surface area (Å²) in [5.74, 6) is -0.0328. The molecule has 7 nitrogen and oxygen atoms in total. The lowest BCUT2D eigenvalue weighted by molar-refractivity contribution is 0.0302. The second kappa shape index (κ2) is 8.51. The SMILES string of the molecule is COc1ccc(C(=O)N2CCOCC2)cc1S(=O)(=O)NCc1ccccc1. The van der Waals surface area contributed by atoms with Crippen LogP contribution < -0.4 is 9.46 Å². The number of morpholine rings is 1. The summed E-state index contributed by atoms with van der Waals surface area (Å²) in [6.07, 6.45) is 0. The monoisotopic (exact) mass is 390 g/mol. The molecule has 0 atom stereocenters. The fourth-order valence-corrected chi connectivity index (χ4v) is 4.03. The molecule has 1 heterocycles. The average molecular weight is 390 g/mol. The summed E-state index contributed by atoms with van der Waals surface area (Å²) in [4.78, 5) is 14.3. The molecule has 1 fully saturated rings. The van der Waals surface area contributed by atoms with Crippen molar-refractivity contribution in [2.45, 2.75) is 11.4 Å². The van der Waals surface area contributed by atoms with Crippen LogP contribution in [0.4, 0.5) is 0 Å². The molecular weight excluding hydrogens is 368 g/mol. The third kappa shape index (κ3) is 4.65. The van der Waals surface area contributed by atoms with E-state index in [0.717, 1.165) is 5.56 Å². The van der Waals surface area contributed by atoms with Crippen LogP contribution in [0.2, 0.25) is 0 Å². The molecule has 0 bridgehead atoms. The minimum atomic E-state index is -3.86. The predicted octanol–water partition coefficient (Wildman–Crippen LogP) is 1.65. The normalized spacial score (nSPS) is 14.8. The Labute approximate surface area is 158 Å². The molecule has 0 radical (unpaired) electrons. The van der Waals surface area contributed by atoms with Gasteiger partial charge >= 0.3 is 0 Å². The van der Waals surface area contributed by atoms with Crippen molar-refractivity contribution < 1.29 is 22.7 Å². The van der Waals surface area contributed by atoms with Crippen molar-refractivity contribution in [2.24, 2.45) is 0 Å². The molecule has 0 aliphatic carbocycles. The van der Waals surface area contributed by atoms with Gasteiger partial charge in [-0.1, -0.05) is 30.3 Å². The van der Waals surface area contributed by atoms with Crippen LogP contribution in [0.25, 0.3) is 0 Å². The van der Waals surface area contributed by atoms with Gasteiger partial charge in [0, 0.05) is 25.2 Å². The van der Waals surface area contributed by atoms with E-state index in [9.17, 15) is 13.2 Å². The largest absolute Gasteiger partial charge is 0.495 e. The maximum absolute atomic E-state index is 12.8. The van der Waals surface area contributed by atoms with Crippen LogP contribution in [0.15, 0.2) is 53.4 Å². The van der Waals surface area contributed by atoms with Gasteiger partial charge in [0.15, 0.2) is 0 Å². The molecule has 144 valence electrons. The number of sulfonamides is 1. The third-order valence-electron chi connectivity index (χ3n) is 4.31. The topological polar surface area (TPSA) is 84.9 Å². The molecule has 0 saturated carbocycles. The Bertz CT molecular complexity index is 894. The van der Waals surface area contributed by atoms with Crippen LogP contribution in [0, 0.1) is 0 Å². The summed E-state index contributed by atoms with van der Waals surface area (Å²) in [7, 11) is -2.46. The molecule has 3 rings (SSSR count). The van der Waals surface area contributed by atoms with E-state index in [1.54, 1.807) is 11.0 Å². The highest BCUT2D eigenvalue weighted by molar-refractivity contribution is 7.89. The first kappa shape index (κ1) is 19.3. The molecule has 1 amide bonds. The lowest BCUT2D eigenvalue weighted by Gasteiger charge is -2.27. The van der Waals surface area contributed by atoms with E-state index in [-0.39, 0.29) is 23.1 Å². The highest BCUT2D eigenvalue weighted by atomic mass is 32.2. The van der Waals surface area contributed by atoms with Crippen molar-refractivity contribution in [2.75, 3.05) is 33.4 Å². The van der Waals surface area contributed by atoms with Crippen LogP contribution in [0.5, 0.6) is 5.75 Å². The van der Waals surface area contributed by atoms with Gasteiger partial charge in [0.2, 0.25) is 10.0 Å². The van der Waals surface area contributed by atoms with E-state index in [1.165, 1.54) is 19.2 Å². The lowest BCUT2D eigenvalue weighted by atomic mass is 10.2. The number of carbonyl (C=O) groups excluding carboxylic acids is 1. The van der Waals surface area contributed by atoms with E-state index in [1.807, 2.05) is 30.3 Å². The first-order valence-electron chi connectivity index (χ1n) is 8.60. The molecule has 0 unspecified atom stereocenters. The molecule has 1 saturated heterocycles. The molecule has 8 heteroatoms. The molecule has 1 aliphatic heterocycles. The van der Waals surface area contributed by atoms with E-state index < -0.39 is 10.0 Å². The van der Waals surface area contributed by atoms with Crippen LogP contribution in [-0.2, 0) is 21.3 Å². The first-order valence-corrected chi connectivity index (χ1v) is 10.1. The highest BCUT2D eigenvalue weighted by Gasteiger charge is 2.24. The minimum Gasteiger partial charge on any atom is -0.495 e. The van der Waals surface area contributed by atoms with Crippen molar-refractivity contribution >= 4 is 15.9 Å². The summed E-state index contributed by atoms with van der Waals surface area (Å²) < 4.78 is 38.6. The standard InChI is InChI=1S/C19H22N2O5S/c1-25-17-8-7-16(19(22)21-9-11-26-12-10-21)13-18(17)27(23,24)20-14-15-5-3-2-4-6-15/h2-8,13,20H,9-12,14H2,1H3. The lowest BCUT2D eigenvalue weighted by Crippen LogP contribution is -2.40. The van der Waals surface area contributed by atoms with Gasteiger partial charge in [-0.2, -0.15) is 0 Å². The van der Waals surface area contributed by atoms with Gasteiger partial charge in [-0.3, -0.25) is 4.79 Å². The number of hydrogen-bond donors (Lipinski definition) is 1.